The van der Waals surface area contributed by atoms with Crippen LogP contribution in [0.15, 0.2) is 52.8 Å². The van der Waals surface area contributed by atoms with Crippen LogP contribution >= 0.6 is 0 Å². The van der Waals surface area contributed by atoms with Crippen LogP contribution in [0.25, 0.3) is 10.4 Å². The number of nitrogens with zero attached hydrogens (tertiary/aromatic N) is 8. The number of rotatable bonds is 4. The molecule has 2 aromatic carbocycles. The second-order valence-electron chi connectivity index (χ2n) is 7.90. The summed E-state index contributed by atoms with van der Waals surface area (Å²) in [5.74, 6) is -2.48. The summed E-state index contributed by atoms with van der Waals surface area (Å²) in [5, 5.41) is 7.32. The van der Waals surface area contributed by atoms with Gasteiger partial charge in [0.05, 0.1) is 29.9 Å². The van der Waals surface area contributed by atoms with Gasteiger partial charge in [0.1, 0.15) is 30.3 Å². The summed E-state index contributed by atoms with van der Waals surface area (Å²) in [4.78, 5) is 38.1. The molecule has 10 nitrogen and oxygen atoms in total. The van der Waals surface area contributed by atoms with Crippen LogP contribution < -0.4 is 4.90 Å². The van der Waals surface area contributed by atoms with E-state index in [1.807, 2.05) is 0 Å². The molecule has 2 atom stereocenters. The van der Waals surface area contributed by atoms with Gasteiger partial charge in [0.2, 0.25) is 5.91 Å². The zero-order chi connectivity index (χ0) is 24.0. The van der Waals surface area contributed by atoms with E-state index >= 15 is 0 Å². The molecule has 1 amide bonds. The van der Waals surface area contributed by atoms with E-state index in [1.54, 1.807) is 28.8 Å². The average molecular weight is 462 g/mol. The van der Waals surface area contributed by atoms with Gasteiger partial charge in [0.25, 0.3) is 0 Å². The van der Waals surface area contributed by atoms with Gasteiger partial charge in [0.15, 0.2) is 5.78 Å². The van der Waals surface area contributed by atoms with Gasteiger partial charge in [-0.2, -0.15) is 5.10 Å². The lowest BCUT2D eigenvalue weighted by molar-refractivity contribution is -0.116. The molecule has 0 fully saturated rings. The third-order valence-electron chi connectivity index (χ3n) is 5.99. The Morgan fingerprint density at radius 3 is 2.68 bits per heavy atom. The number of ketones is 1. The highest BCUT2D eigenvalue weighted by molar-refractivity contribution is 6.21. The first-order valence-electron chi connectivity index (χ1n) is 10.2. The van der Waals surface area contributed by atoms with Crippen LogP contribution in [0.3, 0.4) is 0 Å². The highest BCUT2D eigenvalue weighted by Crippen LogP contribution is 2.48. The molecule has 12 heteroatoms. The number of carbonyl (C=O) groups is 2. The Balaban J connectivity index is 1.83. The second-order valence-corrected chi connectivity index (χ2v) is 7.90. The molecule has 1 aromatic heterocycles. The molecule has 0 radical (unpaired) electrons. The summed E-state index contributed by atoms with van der Waals surface area (Å²) in [6.45, 7) is -0.592. The van der Waals surface area contributed by atoms with Crippen molar-refractivity contribution in [1.82, 2.24) is 14.8 Å². The van der Waals surface area contributed by atoms with Crippen LogP contribution in [0.5, 0.6) is 0 Å². The molecule has 0 spiro atoms. The third-order valence-corrected chi connectivity index (χ3v) is 5.99. The Bertz CT molecular complexity index is 1410. The topological polar surface area (TPSA) is 129 Å². The average Bonchev–Trinajstić information content (AvgIpc) is 3.23. The van der Waals surface area contributed by atoms with E-state index in [0.29, 0.717) is 22.7 Å². The molecular weight excluding hydrogens is 446 g/mol. The van der Waals surface area contributed by atoms with Crippen molar-refractivity contribution in [1.29, 1.82) is 0 Å². The second kappa shape index (κ2) is 8.16. The van der Waals surface area contributed by atoms with Crippen LogP contribution in [0.1, 0.15) is 39.3 Å². The Hall–Kier alpha value is -4.44. The fraction of sp³-hybridized carbons (Fsp3) is 0.227. The number of Topliss-reactive ketones (excluding diaryl/α,β-unsaturated/α-hetero) is 1. The molecule has 0 aliphatic carbocycles. The molecule has 0 saturated heterocycles. The smallest absolute Gasteiger partial charge is 0.238 e. The van der Waals surface area contributed by atoms with E-state index in [2.05, 4.69) is 25.1 Å². The Labute approximate surface area is 191 Å². The lowest BCUT2D eigenvalue weighted by Gasteiger charge is -2.45. The number of benzene rings is 2. The molecular formula is C22H16F2N8O2. The van der Waals surface area contributed by atoms with Crippen LogP contribution in [0.4, 0.5) is 14.5 Å². The maximum atomic E-state index is 14.7. The van der Waals surface area contributed by atoms with E-state index in [1.165, 1.54) is 24.5 Å². The molecule has 0 unspecified atom stereocenters. The number of hydrogen-bond acceptors (Lipinski definition) is 6. The van der Waals surface area contributed by atoms with Gasteiger partial charge >= 0.3 is 0 Å². The predicted octanol–water partition coefficient (Wildman–Crippen LogP) is 3.26. The first-order chi connectivity index (χ1) is 16.4. The monoisotopic (exact) mass is 462 g/mol. The minimum Gasteiger partial charge on any atom is -0.355 e. The van der Waals surface area contributed by atoms with Crippen LogP contribution in [-0.4, -0.2) is 45.3 Å². The largest absolute Gasteiger partial charge is 0.355 e. The van der Waals surface area contributed by atoms with Gasteiger partial charge in [-0.05, 0) is 40.5 Å². The van der Waals surface area contributed by atoms with Crippen molar-refractivity contribution in [2.75, 3.05) is 18.0 Å². The van der Waals surface area contributed by atoms with E-state index in [-0.39, 0.29) is 23.6 Å². The van der Waals surface area contributed by atoms with Crippen LogP contribution in [0, 0.1) is 11.6 Å². The number of amides is 1. The van der Waals surface area contributed by atoms with Gasteiger partial charge in [-0.25, -0.2) is 13.8 Å². The van der Waals surface area contributed by atoms with Crippen molar-refractivity contribution < 1.29 is 18.4 Å². The fourth-order valence-electron chi connectivity index (χ4n) is 4.66. The SMILES string of the molecule is Cn1ncnc1[C@H]1C2=NCC(=O)c3cc(F)cc(c32)N(CC(=O)N=[N+]=[N-])[C@@H]1c1ccc(F)cc1. The first-order valence-corrected chi connectivity index (χ1v) is 10.2. The number of hydrogen-bond donors (Lipinski definition) is 0. The lowest BCUT2D eigenvalue weighted by Crippen LogP contribution is -2.46. The number of halogens is 2. The maximum absolute atomic E-state index is 14.7. The minimum absolute atomic E-state index is 0.144. The molecule has 34 heavy (non-hydrogen) atoms. The quantitative estimate of drug-likeness (QED) is 0.334. The lowest BCUT2D eigenvalue weighted by atomic mass is 9.76. The number of aromatic nitrogens is 3. The molecule has 3 aromatic rings. The summed E-state index contributed by atoms with van der Waals surface area (Å²) in [6.07, 6.45) is 1.36. The van der Waals surface area contributed by atoms with Gasteiger partial charge < -0.3 is 4.90 Å². The molecule has 3 heterocycles. The van der Waals surface area contributed by atoms with Gasteiger partial charge in [-0.15, -0.1) is 0 Å². The molecule has 0 N–H and O–H groups in total. The summed E-state index contributed by atoms with van der Waals surface area (Å²) < 4.78 is 30.0. The fourth-order valence-corrected chi connectivity index (χ4v) is 4.66. The summed E-state index contributed by atoms with van der Waals surface area (Å²) in [5.41, 5.74) is 10.6. The van der Waals surface area contributed by atoms with Gasteiger partial charge in [-0.1, -0.05) is 12.1 Å². The number of azide groups is 1. The Morgan fingerprint density at radius 1 is 1.24 bits per heavy atom. The molecule has 2 aliphatic heterocycles. The van der Waals surface area contributed by atoms with Crippen molar-refractivity contribution in [2.45, 2.75) is 12.0 Å². The predicted molar refractivity (Wildman–Crippen MR) is 117 cm³/mol. The summed E-state index contributed by atoms with van der Waals surface area (Å²) >= 11 is 0. The normalized spacial score (nSPS) is 18.7. The first kappa shape index (κ1) is 21.4. The van der Waals surface area contributed by atoms with Crippen LogP contribution in [0.2, 0.25) is 0 Å². The zero-order valence-electron chi connectivity index (χ0n) is 17.8. The summed E-state index contributed by atoms with van der Waals surface area (Å²) in [7, 11) is 1.69. The minimum atomic E-state index is -0.813. The zero-order valence-corrected chi connectivity index (χ0v) is 17.8. The Morgan fingerprint density at radius 2 is 2.00 bits per heavy atom. The van der Waals surface area contributed by atoms with E-state index in [9.17, 15) is 18.4 Å². The number of carbonyl (C=O) groups excluding carboxylic acids is 2. The van der Waals surface area contributed by atoms with Crippen molar-refractivity contribution in [3.63, 3.8) is 0 Å². The van der Waals surface area contributed by atoms with E-state index in [0.717, 1.165) is 6.07 Å². The highest BCUT2D eigenvalue weighted by atomic mass is 19.1. The van der Waals surface area contributed by atoms with Crippen molar-refractivity contribution in [2.24, 2.45) is 17.2 Å². The van der Waals surface area contributed by atoms with Gasteiger partial charge in [-0.3, -0.25) is 19.3 Å². The molecule has 170 valence electrons. The maximum Gasteiger partial charge on any atom is 0.238 e. The highest BCUT2D eigenvalue weighted by Gasteiger charge is 2.46. The van der Waals surface area contributed by atoms with E-state index in [4.69, 9.17) is 5.53 Å². The van der Waals surface area contributed by atoms with Gasteiger partial charge in [0, 0.05) is 23.1 Å². The van der Waals surface area contributed by atoms with Crippen molar-refractivity contribution in [3.8, 4) is 0 Å². The number of aliphatic imine (C=N–C) groups is 1. The number of anilines is 1. The summed E-state index contributed by atoms with van der Waals surface area (Å²) in [6, 6.07) is 7.28. The molecule has 2 aliphatic rings. The third kappa shape index (κ3) is 3.41. The standard InChI is InChI=1S/C22H16F2N8O2/c1-31-22(27-10-28-31)19-20-18-14(16(33)8-26-20)6-13(24)7-15(18)32(9-17(34)29-30-25)21(19)11-2-4-12(23)5-3-11/h2-7,10,19,21H,8-9H2,1H3/t19-,21+/m0/s1. The van der Waals surface area contributed by atoms with Crippen molar-refractivity contribution in [3.05, 3.63) is 87.3 Å². The molecule has 0 bridgehead atoms. The Kier molecular flexibility index (Phi) is 5.14. The van der Waals surface area contributed by atoms with E-state index < -0.39 is 36.0 Å². The molecule has 5 rings (SSSR count). The van der Waals surface area contributed by atoms with Crippen LogP contribution in [-0.2, 0) is 11.8 Å². The van der Waals surface area contributed by atoms with Crippen molar-refractivity contribution >= 4 is 23.1 Å². The molecule has 0 saturated carbocycles. The number of aryl methyl sites for hydroxylation is 1.